The number of ketones is 1. The largest absolute Gasteiger partial charge is 0.390 e. The Morgan fingerprint density at radius 1 is 1.10 bits per heavy atom. The minimum atomic E-state index is -0.747. The summed E-state index contributed by atoms with van der Waals surface area (Å²) in [6, 6.07) is 0. The predicted octanol–water partition coefficient (Wildman–Crippen LogP) is 2.18. The lowest BCUT2D eigenvalue weighted by Gasteiger charge is -2.35. The number of hydrogen-bond donors (Lipinski definition) is 2. The lowest BCUT2D eigenvalue weighted by Crippen LogP contribution is -2.47. The zero-order valence-corrected chi connectivity index (χ0v) is 13.3. The van der Waals surface area contributed by atoms with Crippen LogP contribution in [0.5, 0.6) is 0 Å². The quantitative estimate of drug-likeness (QED) is 0.605. The number of ether oxygens (including phenoxy) is 2. The highest BCUT2D eigenvalue weighted by molar-refractivity contribution is 5.75. The fourth-order valence-electron chi connectivity index (χ4n) is 2.48. The van der Waals surface area contributed by atoms with Crippen molar-refractivity contribution in [2.45, 2.75) is 89.8 Å². The van der Waals surface area contributed by atoms with E-state index in [2.05, 4.69) is 0 Å². The van der Waals surface area contributed by atoms with Gasteiger partial charge in [-0.25, -0.2) is 0 Å². The van der Waals surface area contributed by atoms with Crippen molar-refractivity contribution >= 4 is 5.78 Å². The summed E-state index contributed by atoms with van der Waals surface area (Å²) >= 11 is 0. The minimum Gasteiger partial charge on any atom is -0.390 e. The molecule has 124 valence electrons. The molecule has 1 fully saturated rings. The molecule has 1 aliphatic heterocycles. The smallest absolute Gasteiger partial charge is 0.183 e. The third-order valence-electron chi connectivity index (χ3n) is 3.89. The third-order valence-corrected chi connectivity index (χ3v) is 3.89. The van der Waals surface area contributed by atoms with Crippen molar-refractivity contribution in [3.05, 3.63) is 0 Å². The molecule has 0 amide bonds. The van der Waals surface area contributed by atoms with E-state index in [1.807, 2.05) is 0 Å². The number of hydrogen-bond acceptors (Lipinski definition) is 5. The summed E-state index contributed by atoms with van der Waals surface area (Å²) in [6.07, 6.45) is 5.16. The van der Waals surface area contributed by atoms with Crippen LogP contribution >= 0.6 is 0 Å². The Morgan fingerprint density at radius 2 is 1.71 bits per heavy atom. The molecule has 0 aromatic heterocycles. The normalized spacial score (nSPS) is 29.5. The maximum Gasteiger partial charge on any atom is 0.183 e. The maximum absolute atomic E-state index is 10.8. The van der Waals surface area contributed by atoms with E-state index in [4.69, 9.17) is 9.47 Å². The molecule has 4 atom stereocenters. The Bertz CT molecular complexity index is 294. The highest BCUT2D eigenvalue weighted by atomic mass is 16.7. The molecule has 5 nitrogen and oxygen atoms in total. The summed E-state index contributed by atoms with van der Waals surface area (Å²) in [5.41, 5.74) is 0. The summed E-state index contributed by atoms with van der Waals surface area (Å²) in [6.45, 7) is 3.99. The van der Waals surface area contributed by atoms with Crippen LogP contribution in [-0.4, -0.2) is 47.2 Å². The molecule has 0 aliphatic carbocycles. The second kappa shape index (κ2) is 10.3. The highest BCUT2D eigenvalue weighted by Crippen LogP contribution is 2.21. The lowest BCUT2D eigenvalue weighted by atomic mass is 10.0. The summed E-state index contributed by atoms with van der Waals surface area (Å²) in [7, 11) is 0. The van der Waals surface area contributed by atoms with E-state index in [1.165, 1.54) is 0 Å². The molecule has 0 aromatic carbocycles. The van der Waals surface area contributed by atoms with Gasteiger partial charge in [-0.05, 0) is 26.7 Å². The minimum absolute atomic E-state index is 0.272. The van der Waals surface area contributed by atoms with Crippen LogP contribution in [0.25, 0.3) is 0 Å². The van der Waals surface area contributed by atoms with E-state index in [9.17, 15) is 15.0 Å². The molecule has 1 saturated heterocycles. The summed E-state index contributed by atoms with van der Waals surface area (Å²) in [5.74, 6) is 0.272. The van der Waals surface area contributed by atoms with Gasteiger partial charge in [-0.1, -0.05) is 25.7 Å². The number of unbranched alkanes of at least 4 members (excludes halogenated alkanes) is 5. The van der Waals surface area contributed by atoms with E-state index >= 15 is 0 Å². The predicted molar refractivity (Wildman–Crippen MR) is 79.9 cm³/mol. The van der Waals surface area contributed by atoms with Gasteiger partial charge >= 0.3 is 0 Å². The average Bonchev–Trinajstić information content (AvgIpc) is 2.42. The van der Waals surface area contributed by atoms with E-state index in [-0.39, 0.29) is 11.9 Å². The monoisotopic (exact) mass is 302 g/mol. The van der Waals surface area contributed by atoms with E-state index in [1.54, 1.807) is 13.8 Å². The van der Waals surface area contributed by atoms with Crippen molar-refractivity contribution in [3.8, 4) is 0 Å². The lowest BCUT2D eigenvalue weighted by molar-refractivity contribution is -0.261. The summed E-state index contributed by atoms with van der Waals surface area (Å²) in [5, 5.41) is 19.3. The first-order valence-electron chi connectivity index (χ1n) is 8.13. The molecule has 0 saturated carbocycles. The average molecular weight is 302 g/mol. The molecule has 2 N–H and O–H groups in total. The van der Waals surface area contributed by atoms with Gasteiger partial charge in [0, 0.05) is 19.4 Å². The zero-order chi connectivity index (χ0) is 15.7. The van der Waals surface area contributed by atoms with Gasteiger partial charge in [0.05, 0.1) is 12.2 Å². The van der Waals surface area contributed by atoms with E-state index < -0.39 is 18.5 Å². The van der Waals surface area contributed by atoms with Crippen LogP contribution in [0.15, 0.2) is 0 Å². The van der Waals surface area contributed by atoms with Gasteiger partial charge in [0.2, 0.25) is 0 Å². The molecular formula is C16H30O5. The topological polar surface area (TPSA) is 76.0 Å². The number of Topliss-reactive ketones (excluding diaryl/α,β-unsaturated/α-hetero) is 1. The Labute approximate surface area is 127 Å². The van der Waals surface area contributed by atoms with Crippen molar-refractivity contribution in [2.75, 3.05) is 6.61 Å². The van der Waals surface area contributed by atoms with Crippen molar-refractivity contribution in [2.24, 2.45) is 0 Å². The van der Waals surface area contributed by atoms with E-state index in [0.717, 1.165) is 38.5 Å². The molecule has 0 spiro atoms. The fraction of sp³-hybridized carbons (Fsp3) is 0.938. The second-order valence-corrected chi connectivity index (χ2v) is 6.02. The molecule has 5 heteroatoms. The van der Waals surface area contributed by atoms with Gasteiger partial charge in [-0.2, -0.15) is 0 Å². The van der Waals surface area contributed by atoms with E-state index in [0.29, 0.717) is 19.4 Å². The zero-order valence-electron chi connectivity index (χ0n) is 13.3. The van der Waals surface area contributed by atoms with Gasteiger partial charge in [0.1, 0.15) is 11.9 Å². The summed E-state index contributed by atoms with van der Waals surface area (Å²) in [4.78, 5) is 10.8. The Morgan fingerprint density at radius 3 is 2.38 bits per heavy atom. The number of rotatable bonds is 10. The molecule has 1 rings (SSSR count). The molecule has 2 unspecified atom stereocenters. The van der Waals surface area contributed by atoms with Crippen LogP contribution in [0.4, 0.5) is 0 Å². The SMILES string of the molecule is CC(=O)CCCCCCCCO[C@@H]1OC(C)[C@H](O)CC1O. The number of aliphatic hydroxyl groups is 2. The third kappa shape index (κ3) is 7.90. The maximum atomic E-state index is 10.8. The number of aliphatic hydroxyl groups excluding tert-OH is 2. The standard InChI is InChI=1S/C16H30O5/c1-12(17)9-7-5-3-4-6-8-10-20-16-15(19)11-14(18)13(2)21-16/h13-16,18-19H,3-11H2,1-2H3/t13?,14-,15?,16-/m1/s1. The summed E-state index contributed by atoms with van der Waals surface area (Å²) < 4.78 is 11.0. The van der Waals surface area contributed by atoms with Crippen molar-refractivity contribution in [1.82, 2.24) is 0 Å². The van der Waals surface area contributed by atoms with Crippen LogP contribution < -0.4 is 0 Å². The molecule has 0 radical (unpaired) electrons. The Balaban J connectivity index is 1.95. The Kier molecular flexibility index (Phi) is 9.08. The first kappa shape index (κ1) is 18.6. The van der Waals surface area contributed by atoms with Crippen molar-refractivity contribution in [1.29, 1.82) is 0 Å². The highest BCUT2D eigenvalue weighted by Gasteiger charge is 2.34. The van der Waals surface area contributed by atoms with Gasteiger partial charge in [-0.3, -0.25) is 0 Å². The molecule has 1 heterocycles. The van der Waals surface area contributed by atoms with Gasteiger partial charge in [-0.15, -0.1) is 0 Å². The van der Waals surface area contributed by atoms with Crippen LogP contribution in [0.3, 0.4) is 0 Å². The second-order valence-electron chi connectivity index (χ2n) is 6.02. The van der Waals surface area contributed by atoms with Crippen LogP contribution in [-0.2, 0) is 14.3 Å². The first-order chi connectivity index (χ1) is 10.0. The number of carbonyl (C=O) groups excluding carboxylic acids is 1. The molecule has 0 aromatic rings. The number of carbonyl (C=O) groups is 1. The first-order valence-corrected chi connectivity index (χ1v) is 8.13. The van der Waals surface area contributed by atoms with Gasteiger partial charge < -0.3 is 24.5 Å². The van der Waals surface area contributed by atoms with Gasteiger partial charge in [0.25, 0.3) is 0 Å². The van der Waals surface area contributed by atoms with Crippen molar-refractivity contribution in [3.63, 3.8) is 0 Å². The fourth-order valence-corrected chi connectivity index (χ4v) is 2.48. The van der Waals surface area contributed by atoms with Crippen LogP contribution in [0.1, 0.15) is 65.2 Å². The van der Waals surface area contributed by atoms with Crippen molar-refractivity contribution < 1.29 is 24.5 Å². The van der Waals surface area contributed by atoms with Gasteiger partial charge in [0.15, 0.2) is 6.29 Å². The molecule has 1 aliphatic rings. The molecular weight excluding hydrogens is 272 g/mol. The van der Waals surface area contributed by atoms with Crippen LogP contribution in [0.2, 0.25) is 0 Å². The molecule has 0 bridgehead atoms. The molecule has 21 heavy (non-hydrogen) atoms. The van der Waals surface area contributed by atoms with Crippen LogP contribution in [0, 0.1) is 0 Å². The Hall–Kier alpha value is -0.490.